The fourth-order valence-corrected chi connectivity index (χ4v) is 2.75. The molecular weight excluding hydrogens is 291 g/mol. The van der Waals surface area contributed by atoms with Crippen LogP contribution < -0.4 is 0 Å². The number of ether oxygens (including phenoxy) is 2. The summed E-state index contributed by atoms with van der Waals surface area (Å²) in [7, 11) is 17.6. The van der Waals surface area contributed by atoms with E-state index in [0.29, 0.717) is 6.10 Å². The molecule has 0 aromatic heterocycles. The van der Waals surface area contributed by atoms with Crippen LogP contribution in [0.5, 0.6) is 0 Å². The van der Waals surface area contributed by atoms with Gasteiger partial charge in [-0.25, -0.2) is 0 Å². The van der Waals surface area contributed by atoms with Crippen molar-refractivity contribution >= 4 is 29.8 Å². The maximum atomic E-state index is 5.34. The third kappa shape index (κ3) is 20.2. The molecule has 0 aliphatic heterocycles. The van der Waals surface area contributed by atoms with E-state index in [4.69, 9.17) is 24.9 Å². The van der Waals surface area contributed by atoms with Gasteiger partial charge in [0.2, 0.25) is 0 Å². The summed E-state index contributed by atoms with van der Waals surface area (Å²) in [5, 5.41) is 0. The average Bonchev–Trinajstić information content (AvgIpc) is 2.59. The number of unbranched alkanes of at least 4 members (excludes halogenated alkanes) is 1. The van der Waals surface area contributed by atoms with Gasteiger partial charge in [-0.2, -0.15) is 0 Å². The lowest BCUT2D eigenvalue weighted by atomic mass is 9.53. The van der Waals surface area contributed by atoms with E-state index < -0.39 is 0 Å². The predicted molar refractivity (Wildman–Crippen MR) is 112 cm³/mol. The molecule has 6 radical (unpaired) electrons. The van der Waals surface area contributed by atoms with Crippen LogP contribution in [0.1, 0.15) is 71.6 Å². The van der Waals surface area contributed by atoms with Crippen molar-refractivity contribution in [3.05, 3.63) is 0 Å². The summed E-state index contributed by atoms with van der Waals surface area (Å²) in [6.07, 6.45) is 13.5. The lowest BCUT2D eigenvalue weighted by Crippen LogP contribution is -2.10. The van der Waals surface area contributed by atoms with Gasteiger partial charge >= 0.3 is 0 Å². The maximum absolute atomic E-state index is 5.34. The van der Waals surface area contributed by atoms with Crippen LogP contribution in [0.4, 0.5) is 0 Å². The lowest BCUT2D eigenvalue weighted by Gasteiger charge is -2.14. The molecule has 2 atom stereocenters. The van der Waals surface area contributed by atoms with Crippen LogP contribution in [0.3, 0.4) is 0 Å². The van der Waals surface area contributed by atoms with Crippen molar-refractivity contribution in [2.24, 2.45) is 5.92 Å². The second-order valence-electron chi connectivity index (χ2n) is 6.44. The molecule has 0 bridgehead atoms. The molecule has 0 aliphatic rings. The normalized spacial score (nSPS) is 12.8. The Bertz CT molecular complexity index is 215. The monoisotopic (exact) mass is 330 g/mol. The zero-order chi connectivity index (χ0) is 18.5. The van der Waals surface area contributed by atoms with E-state index in [9.17, 15) is 0 Å². The van der Waals surface area contributed by atoms with Crippen LogP contribution in [-0.2, 0) is 9.47 Å². The Kier molecular flexibility index (Phi) is 25.5. The zero-order valence-corrected chi connectivity index (χ0v) is 16.8. The van der Waals surface area contributed by atoms with Gasteiger partial charge < -0.3 is 9.47 Å². The van der Waals surface area contributed by atoms with E-state index in [1.807, 2.05) is 0 Å². The van der Waals surface area contributed by atoms with Crippen molar-refractivity contribution in [3.8, 4) is 0 Å². The molecule has 0 aliphatic carbocycles. The van der Waals surface area contributed by atoms with Crippen LogP contribution in [-0.4, -0.2) is 56.7 Å². The Balaban J connectivity index is 0. The molecule has 0 saturated carbocycles. The summed E-state index contributed by atoms with van der Waals surface area (Å²) in [6, 6.07) is 0. The number of methoxy groups -OCH3 is 2. The number of hydrogen-bond donors (Lipinski definition) is 0. The minimum Gasteiger partial charge on any atom is -0.384 e. The highest BCUT2D eigenvalue weighted by Gasteiger charge is 2.06. The molecule has 0 N–H and O–H groups in total. The third-order valence-electron chi connectivity index (χ3n) is 4.19. The molecule has 2 nitrogen and oxygen atoms in total. The molecule has 0 saturated heterocycles. The first kappa shape index (κ1) is 26.4. The Morgan fingerprint density at radius 1 is 0.792 bits per heavy atom. The Morgan fingerprint density at radius 2 is 1.38 bits per heavy atom. The molecular formula is C18H38B4O2. The quantitative estimate of drug-likeness (QED) is 0.312. The van der Waals surface area contributed by atoms with Crippen LogP contribution in [0.2, 0.25) is 12.6 Å². The van der Waals surface area contributed by atoms with E-state index in [1.165, 1.54) is 44.9 Å². The van der Waals surface area contributed by atoms with Gasteiger partial charge in [0.15, 0.2) is 0 Å². The van der Waals surface area contributed by atoms with E-state index in [0.717, 1.165) is 38.0 Å². The number of rotatable bonds is 16. The molecule has 24 heavy (non-hydrogen) atoms. The van der Waals surface area contributed by atoms with Crippen molar-refractivity contribution in [2.45, 2.75) is 90.4 Å². The van der Waals surface area contributed by atoms with E-state index in [-0.39, 0.29) is 0 Å². The van der Waals surface area contributed by atoms with Crippen molar-refractivity contribution in [1.82, 2.24) is 0 Å². The van der Waals surface area contributed by atoms with Crippen molar-refractivity contribution in [1.29, 1.82) is 0 Å². The first-order valence-corrected chi connectivity index (χ1v) is 9.78. The van der Waals surface area contributed by atoms with Crippen molar-refractivity contribution in [2.75, 3.05) is 20.8 Å². The van der Waals surface area contributed by atoms with E-state index in [2.05, 4.69) is 13.8 Å². The smallest absolute Gasteiger partial charge is 0.0571 e. The summed E-state index contributed by atoms with van der Waals surface area (Å²) >= 11 is 0. The largest absolute Gasteiger partial charge is 0.384 e. The molecule has 0 heterocycles. The number of hydrogen-bond acceptors (Lipinski definition) is 2. The van der Waals surface area contributed by atoms with E-state index in [1.54, 1.807) is 28.6 Å². The molecule has 6 heteroatoms. The van der Waals surface area contributed by atoms with Gasteiger partial charge in [-0.15, -0.1) is 0 Å². The molecule has 0 aromatic rings. The predicted octanol–water partition coefficient (Wildman–Crippen LogP) is 4.21. The van der Waals surface area contributed by atoms with E-state index >= 15 is 0 Å². The Labute approximate surface area is 156 Å². The Morgan fingerprint density at radius 3 is 1.83 bits per heavy atom. The van der Waals surface area contributed by atoms with Gasteiger partial charge in [-0.3, -0.25) is 0 Å². The molecule has 0 aromatic carbocycles. The highest BCUT2D eigenvalue weighted by atomic mass is 16.5. The fourth-order valence-electron chi connectivity index (χ4n) is 2.75. The minimum absolute atomic E-state index is 0.449. The summed E-state index contributed by atoms with van der Waals surface area (Å²) in [6.45, 7) is 5.33. The summed E-state index contributed by atoms with van der Waals surface area (Å²) in [5.41, 5.74) is 0. The standard InChI is InChI=1S/2C9H19B2O/c1-3-5-9(8-12-2)6-4-7-11-10;1-3-4-6-9(12-2)7-5-8-11-10/h2*9H,3-8H2,1-2H3. The lowest BCUT2D eigenvalue weighted by molar-refractivity contribution is 0.0854. The van der Waals surface area contributed by atoms with Gasteiger partial charge in [0.05, 0.1) is 20.4 Å². The van der Waals surface area contributed by atoms with Gasteiger partial charge in [0, 0.05) is 36.3 Å². The molecule has 2 unspecified atom stereocenters. The molecule has 0 spiro atoms. The SMILES string of the molecule is [B][B]CCCC(CCC)COC.[B][B]CCCC(CCCC)OC. The van der Waals surface area contributed by atoms with Crippen LogP contribution in [0.15, 0.2) is 0 Å². The van der Waals surface area contributed by atoms with Gasteiger partial charge in [-0.1, -0.05) is 58.6 Å². The van der Waals surface area contributed by atoms with Gasteiger partial charge in [0.25, 0.3) is 0 Å². The molecule has 134 valence electrons. The van der Waals surface area contributed by atoms with Gasteiger partial charge in [0.1, 0.15) is 0 Å². The van der Waals surface area contributed by atoms with Crippen molar-refractivity contribution < 1.29 is 9.47 Å². The molecule has 0 rings (SSSR count). The molecule has 0 amide bonds. The first-order valence-electron chi connectivity index (χ1n) is 9.78. The summed E-state index contributed by atoms with van der Waals surface area (Å²) in [4.78, 5) is 0. The van der Waals surface area contributed by atoms with Crippen LogP contribution >= 0.6 is 0 Å². The maximum Gasteiger partial charge on any atom is 0.0571 e. The highest BCUT2D eigenvalue weighted by Crippen LogP contribution is 2.14. The Hall–Kier alpha value is 0.180. The topological polar surface area (TPSA) is 18.5 Å². The average molecular weight is 330 g/mol. The minimum atomic E-state index is 0.449. The summed E-state index contributed by atoms with van der Waals surface area (Å²) < 4.78 is 10.5. The van der Waals surface area contributed by atoms with Crippen LogP contribution in [0, 0.1) is 5.92 Å². The van der Waals surface area contributed by atoms with Gasteiger partial charge in [-0.05, 0) is 31.6 Å². The fraction of sp³-hybridized carbons (Fsp3) is 1.00. The highest BCUT2D eigenvalue weighted by molar-refractivity contribution is 6.89. The first-order chi connectivity index (χ1) is 11.7. The van der Waals surface area contributed by atoms with Crippen molar-refractivity contribution in [3.63, 3.8) is 0 Å². The second kappa shape index (κ2) is 23.2. The third-order valence-corrected chi connectivity index (χ3v) is 4.19. The zero-order valence-electron chi connectivity index (χ0n) is 16.8. The molecule has 0 fully saturated rings. The van der Waals surface area contributed by atoms with Crippen LogP contribution in [0.25, 0.3) is 0 Å². The summed E-state index contributed by atoms with van der Waals surface area (Å²) in [5.74, 6) is 0.736. The second-order valence-corrected chi connectivity index (χ2v) is 6.44.